The van der Waals surface area contributed by atoms with Crippen molar-refractivity contribution in [2.45, 2.75) is 20.8 Å². The molecule has 2 aromatic carbocycles. The Morgan fingerprint density at radius 2 is 1.38 bits per heavy atom. The van der Waals surface area contributed by atoms with Crippen LogP contribution in [-0.4, -0.2) is 0 Å². The van der Waals surface area contributed by atoms with Crippen LogP contribution in [0.2, 0.25) is 0 Å². The lowest BCUT2D eigenvalue weighted by atomic mass is 10.1. The Balaban J connectivity index is 2.35. The molecule has 1 unspecified atom stereocenters. The highest BCUT2D eigenvalue weighted by atomic mass is 31.1. The molecular formula is C15H17P. The van der Waals surface area contributed by atoms with Gasteiger partial charge in [0, 0.05) is 0 Å². The normalized spacial score (nSPS) is 11.2. The summed E-state index contributed by atoms with van der Waals surface area (Å²) in [6, 6.07) is 15.3. The fraction of sp³-hybridized carbons (Fsp3) is 0.200. The average molecular weight is 228 g/mol. The van der Waals surface area contributed by atoms with E-state index in [1.54, 1.807) is 0 Å². The van der Waals surface area contributed by atoms with Crippen LogP contribution in [0.1, 0.15) is 16.7 Å². The van der Waals surface area contributed by atoms with Crippen LogP contribution in [0, 0.1) is 20.8 Å². The first-order valence-corrected chi connectivity index (χ1v) is 6.57. The second-order valence-electron chi connectivity index (χ2n) is 4.26. The molecule has 0 aromatic heterocycles. The Bertz CT molecular complexity index is 463. The third kappa shape index (κ3) is 2.51. The van der Waals surface area contributed by atoms with Crippen molar-refractivity contribution in [2.24, 2.45) is 0 Å². The Hall–Kier alpha value is -1.13. The van der Waals surface area contributed by atoms with Gasteiger partial charge in [0.15, 0.2) is 0 Å². The molecule has 82 valence electrons. The summed E-state index contributed by atoms with van der Waals surface area (Å²) in [5.74, 6) is 0. The molecule has 0 aliphatic rings. The van der Waals surface area contributed by atoms with Gasteiger partial charge in [-0.25, -0.2) is 0 Å². The first-order valence-electron chi connectivity index (χ1n) is 5.57. The lowest BCUT2D eigenvalue weighted by Gasteiger charge is -2.11. The van der Waals surface area contributed by atoms with E-state index in [-0.39, 0.29) is 0 Å². The Kier molecular flexibility index (Phi) is 3.41. The topological polar surface area (TPSA) is 0 Å². The van der Waals surface area contributed by atoms with Crippen LogP contribution in [-0.2, 0) is 0 Å². The number of hydrogen-bond donors (Lipinski definition) is 0. The second-order valence-corrected chi connectivity index (χ2v) is 5.59. The Labute approximate surface area is 99.5 Å². The standard InChI is InChI=1S/C15H17P/c1-11-9-12(2)15(13(3)10-11)16-14-7-5-4-6-8-14/h4-10,16H,1-3H3. The van der Waals surface area contributed by atoms with E-state index in [0.29, 0.717) is 0 Å². The van der Waals surface area contributed by atoms with E-state index in [4.69, 9.17) is 0 Å². The fourth-order valence-corrected chi connectivity index (χ4v) is 3.23. The van der Waals surface area contributed by atoms with E-state index < -0.39 is 0 Å². The molecule has 0 radical (unpaired) electrons. The summed E-state index contributed by atoms with van der Waals surface area (Å²) in [6.45, 7) is 6.59. The van der Waals surface area contributed by atoms with E-state index in [2.05, 4.69) is 63.2 Å². The average Bonchev–Trinajstić information content (AvgIpc) is 2.25. The molecule has 2 aromatic rings. The highest BCUT2D eigenvalue weighted by molar-refractivity contribution is 7.55. The van der Waals surface area contributed by atoms with Crippen molar-refractivity contribution in [3.63, 3.8) is 0 Å². The third-order valence-corrected chi connectivity index (χ3v) is 4.38. The molecule has 0 saturated heterocycles. The molecule has 0 heterocycles. The van der Waals surface area contributed by atoms with Gasteiger partial charge in [0.05, 0.1) is 0 Å². The number of benzene rings is 2. The monoisotopic (exact) mass is 228 g/mol. The summed E-state index contributed by atoms with van der Waals surface area (Å²) in [5, 5.41) is 2.91. The van der Waals surface area contributed by atoms with E-state index in [0.717, 1.165) is 8.58 Å². The minimum absolute atomic E-state index is 0.771. The molecule has 16 heavy (non-hydrogen) atoms. The van der Waals surface area contributed by atoms with Gasteiger partial charge in [-0.15, -0.1) is 0 Å². The van der Waals surface area contributed by atoms with Crippen molar-refractivity contribution < 1.29 is 0 Å². The maximum Gasteiger partial charge on any atom is -0.0168 e. The first kappa shape index (κ1) is 11.4. The van der Waals surface area contributed by atoms with E-state index in [9.17, 15) is 0 Å². The number of rotatable bonds is 2. The quantitative estimate of drug-likeness (QED) is 0.692. The Morgan fingerprint density at radius 3 is 1.94 bits per heavy atom. The molecule has 0 nitrogen and oxygen atoms in total. The molecule has 2 rings (SSSR count). The molecule has 1 atom stereocenters. The zero-order valence-corrected chi connectivity index (χ0v) is 11.0. The molecule has 0 aliphatic heterocycles. The van der Waals surface area contributed by atoms with Crippen molar-refractivity contribution in [3.05, 3.63) is 59.2 Å². The number of hydrogen-bond acceptors (Lipinski definition) is 0. The van der Waals surface area contributed by atoms with Gasteiger partial charge in [0.1, 0.15) is 0 Å². The van der Waals surface area contributed by atoms with Crippen molar-refractivity contribution in [1.29, 1.82) is 0 Å². The van der Waals surface area contributed by atoms with Gasteiger partial charge in [-0.1, -0.05) is 56.6 Å². The van der Waals surface area contributed by atoms with Crippen LogP contribution >= 0.6 is 8.58 Å². The molecule has 0 fully saturated rings. The molecule has 0 spiro atoms. The SMILES string of the molecule is Cc1cc(C)c(Pc2ccccc2)c(C)c1. The minimum Gasteiger partial charge on any atom is -0.0622 e. The molecular weight excluding hydrogens is 211 g/mol. The molecule has 0 aliphatic carbocycles. The third-order valence-electron chi connectivity index (χ3n) is 2.72. The van der Waals surface area contributed by atoms with Gasteiger partial charge in [-0.05, 0) is 42.5 Å². The summed E-state index contributed by atoms with van der Waals surface area (Å²) in [4.78, 5) is 0. The smallest absolute Gasteiger partial charge is 0.0168 e. The van der Waals surface area contributed by atoms with Crippen molar-refractivity contribution in [2.75, 3.05) is 0 Å². The predicted molar refractivity (Wildman–Crippen MR) is 74.7 cm³/mol. The molecule has 0 saturated carbocycles. The maximum absolute atomic E-state index is 2.28. The first-order chi connectivity index (χ1) is 7.66. The van der Waals surface area contributed by atoms with Gasteiger partial charge < -0.3 is 0 Å². The van der Waals surface area contributed by atoms with Crippen LogP contribution in [0.25, 0.3) is 0 Å². The van der Waals surface area contributed by atoms with Gasteiger partial charge in [-0.2, -0.15) is 0 Å². The van der Waals surface area contributed by atoms with Crippen LogP contribution in [0.4, 0.5) is 0 Å². The van der Waals surface area contributed by atoms with E-state index >= 15 is 0 Å². The fourth-order valence-electron chi connectivity index (χ4n) is 2.04. The summed E-state index contributed by atoms with van der Waals surface area (Å²) in [5.41, 5.74) is 4.19. The molecule has 0 N–H and O–H groups in total. The van der Waals surface area contributed by atoms with Crippen LogP contribution < -0.4 is 10.6 Å². The van der Waals surface area contributed by atoms with Gasteiger partial charge in [-0.3, -0.25) is 0 Å². The molecule has 0 bridgehead atoms. The zero-order chi connectivity index (χ0) is 11.5. The van der Waals surface area contributed by atoms with Gasteiger partial charge >= 0.3 is 0 Å². The summed E-state index contributed by atoms with van der Waals surface area (Å²) in [6.07, 6.45) is 0. The van der Waals surface area contributed by atoms with E-state index in [1.807, 2.05) is 0 Å². The minimum atomic E-state index is 0.771. The lowest BCUT2D eigenvalue weighted by molar-refractivity contribution is 1.36. The highest BCUT2D eigenvalue weighted by Gasteiger charge is 2.04. The van der Waals surface area contributed by atoms with Crippen molar-refractivity contribution in [3.8, 4) is 0 Å². The van der Waals surface area contributed by atoms with Crippen LogP contribution in [0.15, 0.2) is 42.5 Å². The number of aryl methyl sites for hydroxylation is 3. The van der Waals surface area contributed by atoms with Crippen LogP contribution in [0.5, 0.6) is 0 Å². The largest absolute Gasteiger partial charge is 0.0622 e. The van der Waals surface area contributed by atoms with Gasteiger partial charge in [0.25, 0.3) is 0 Å². The predicted octanol–water partition coefficient (Wildman–Crippen LogP) is 3.24. The lowest BCUT2D eigenvalue weighted by Crippen LogP contribution is -2.10. The summed E-state index contributed by atoms with van der Waals surface area (Å²) >= 11 is 0. The Morgan fingerprint density at radius 1 is 0.812 bits per heavy atom. The van der Waals surface area contributed by atoms with E-state index in [1.165, 1.54) is 27.3 Å². The molecule has 1 heteroatoms. The van der Waals surface area contributed by atoms with Gasteiger partial charge in [0.2, 0.25) is 0 Å². The second kappa shape index (κ2) is 4.80. The van der Waals surface area contributed by atoms with Crippen molar-refractivity contribution in [1.82, 2.24) is 0 Å². The maximum atomic E-state index is 2.28. The summed E-state index contributed by atoms with van der Waals surface area (Å²) < 4.78 is 0. The molecule has 0 amide bonds. The highest BCUT2D eigenvalue weighted by Crippen LogP contribution is 2.17. The van der Waals surface area contributed by atoms with Crippen molar-refractivity contribution >= 4 is 19.2 Å². The zero-order valence-electron chi connectivity index (χ0n) is 10.0. The summed E-state index contributed by atoms with van der Waals surface area (Å²) in [7, 11) is 0.771. The van der Waals surface area contributed by atoms with Crippen LogP contribution in [0.3, 0.4) is 0 Å².